The second kappa shape index (κ2) is 5.84. The normalized spacial score (nSPS) is 31.6. The minimum Gasteiger partial charge on any atom is -0.376 e. The molecule has 10 heteroatoms. The molecule has 0 aromatic rings. The molecule has 1 fully saturated rings. The van der Waals surface area contributed by atoms with Crippen LogP contribution in [0, 0.1) is 0 Å². The number of rotatable bonds is 5. The van der Waals surface area contributed by atoms with Gasteiger partial charge in [0.25, 0.3) is 0 Å². The quantitative estimate of drug-likeness (QED) is 0.364. The number of hydrogen-bond donors (Lipinski definition) is 2. The average molecular weight is 260 g/mol. The third-order valence-electron chi connectivity index (χ3n) is 1.98. The molecule has 0 saturated carbocycles. The van der Waals surface area contributed by atoms with Gasteiger partial charge >= 0.3 is 10.4 Å². The summed E-state index contributed by atoms with van der Waals surface area (Å²) in [6.45, 7) is -0.0893. The number of methoxy groups -OCH3 is 1. The summed E-state index contributed by atoms with van der Waals surface area (Å²) in [5.41, 5.74) is 0. The molecule has 1 heterocycles. The maximum Gasteiger partial charge on any atom is 0.397 e. The van der Waals surface area contributed by atoms with Gasteiger partial charge in [0.05, 0.1) is 13.2 Å². The molecule has 16 heavy (non-hydrogen) atoms. The van der Waals surface area contributed by atoms with E-state index in [-0.39, 0.29) is 13.2 Å². The monoisotopic (exact) mass is 260 g/mol. The van der Waals surface area contributed by atoms with Crippen LogP contribution in [0.15, 0.2) is 0 Å². The fourth-order valence-electron chi connectivity index (χ4n) is 1.41. The van der Waals surface area contributed by atoms with Crippen molar-refractivity contribution in [2.45, 2.75) is 18.3 Å². The second-order valence-corrected chi connectivity index (χ2v) is 4.06. The third-order valence-corrected chi connectivity index (χ3v) is 2.47. The Morgan fingerprint density at radius 2 is 1.94 bits per heavy atom. The Morgan fingerprint density at radius 1 is 1.31 bits per heavy atom. The Labute approximate surface area is 91.6 Å². The summed E-state index contributed by atoms with van der Waals surface area (Å²) in [6.07, 6.45) is -2.84. The minimum atomic E-state index is -4.62. The van der Waals surface area contributed by atoms with E-state index in [1.165, 1.54) is 7.11 Å². The highest BCUT2D eigenvalue weighted by Crippen LogP contribution is 2.19. The van der Waals surface area contributed by atoms with Gasteiger partial charge in [-0.05, 0) is 0 Å². The lowest BCUT2D eigenvalue weighted by molar-refractivity contribution is -0.516. The predicted octanol–water partition coefficient (Wildman–Crippen LogP) is -0.991. The lowest BCUT2D eigenvalue weighted by Gasteiger charge is -2.33. The van der Waals surface area contributed by atoms with Crippen LogP contribution in [0.25, 0.3) is 0 Å². The summed E-state index contributed by atoms with van der Waals surface area (Å²) in [7, 11) is -3.34. The summed E-state index contributed by atoms with van der Waals surface area (Å²) < 4.78 is 43.7. The summed E-state index contributed by atoms with van der Waals surface area (Å²) >= 11 is 0. The Kier molecular flexibility index (Phi) is 5.01. The van der Waals surface area contributed by atoms with Crippen molar-refractivity contribution < 1.29 is 41.8 Å². The second-order valence-electron chi connectivity index (χ2n) is 3.01. The lowest BCUT2D eigenvalue weighted by Crippen LogP contribution is -2.51. The molecule has 1 aliphatic rings. The van der Waals surface area contributed by atoms with Crippen LogP contribution in [-0.4, -0.2) is 56.9 Å². The van der Waals surface area contributed by atoms with Crippen LogP contribution in [0.2, 0.25) is 0 Å². The maximum absolute atomic E-state index is 10.5. The van der Waals surface area contributed by atoms with Crippen molar-refractivity contribution in [1.82, 2.24) is 0 Å². The molecule has 3 atom stereocenters. The van der Waals surface area contributed by atoms with Crippen molar-refractivity contribution in [3.05, 3.63) is 0 Å². The van der Waals surface area contributed by atoms with Gasteiger partial charge in [-0.15, -0.1) is 0 Å². The molecular weight excluding hydrogens is 248 g/mol. The maximum atomic E-state index is 10.5. The molecule has 1 saturated heterocycles. The number of hydrogen-bond acceptors (Lipinski definition) is 8. The minimum absolute atomic E-state index is 0.0183. The fourth-order valence-corrected chi connectivity index (χ4v) is 1.89. The molecule has 1 rings (SSSR count). The molecule has 0 amide bonds. The van der Waals surface area contributed by atoms with Crippen molar-refractivity contribution in [1.29, 1.82) is 0 Å². The summed E-state index contributed by atoms with van der Waals surface area (Å²) in [5, 5.41) is 11.6. The summed E-state index contributed by atoms with van der Waals surface area (Å²) in [4.78, 5) is 4.38. The molecule has 1 unspecified atom stereocenters. The van der Waals surface area contributed by atoms with Crippen LogP contribution < -0.4 is 0 Å². The number of ether oxygens (including phenoxy) is 2. The van der Waals surface area contributed by atoms with E-state index in [1.54, 1.807) is 0 Å². The van der Waals surface area contributed by atoms with Gasteiger partial charge in [0.15, 0.2) is 0 Å². The standard InChI is InChI=1S/C6H12O9S/c1-11-6-4(13-15-7)2-12-3-5(6)14-16(8,9)10/h4-7H,2-3H2,1H3,(H,8,9,10)/t4-,5?,6-/m1/s1. The molecule has 1 aliphatic heterocycles. The van der Waals surface area contributed by atoms with E-state index in [0.29, 0.717) is 0 Å². The topological polar surface area (TPSA) is 121 Å². The van der Waals surface area contributed by atoms with Gasteiger partial charge in [-0.25, -0.2) is 9.44 Å². The van der Waals surface area contributed by atoms with Gasteiger partial charge in [0.1, 0.15) is 18.3 Å². The van der Waals surface area contributed by atoms with Crippen molar-refractivity contribution in [3.8, 4) is 0 Å². The molecule has 0 radical (unpaired) electrons. The molecule has 2 N–H and O–H groups in total. The van der Waals surface area contributed by atoms with Crippen LogP contribution in [0.3, 0.4) is 0 Å². The highest BCUT2D eigenvalue weighted by atomic mass is 32.3. The van der Waals surface area contributed by atoms with Crippen LogP contribution >= 0.6 is 0 Å². The fraction of sp³-hybridized carbons (Fsp3) is 1.00. The molecule has 0 aliphatic carbocycles. The van der Waals surface area contributed by atoms with E-state index in [0.717, 1.165) is 0 Å². The Morgan fingerprint density at radius 3 is 2.44 bits per heavy atom. The van der Waals surface area contributed by atoms with Crippen molar-refractivity contribution in [2.75, 3.05) is 20.3 Å². The van der Waals surface area contributed by atoms with Gasteiger partial charge in [-0.2, -0.15) is 13.3 Å². The Bertz CT molecular complexity index is 299. The molecule has 9 nitrogen and oxygen atoms in total. The zero-order chi connectivity index (χ0) is 12.2. The van der Waals surface area contributed by atoms with Gasteiger partial charge in [0, 0.05) is 7.11 Å². The van der Waals surface area contributed by atoms with Crippen molar-refractivity contribution in [2.24, 2.45) is 0 Å². The largest absolute Gasteiger partial charge is 0.397 e. The first-order valence-electron chi connectivity index (χ1n) is 4.21. The predicted molar refractivity (Wildman–Crippen MR) is 46.6 cm³/mol. The zero-order valence-corrected chi connectivity index (χ0v) is 9.12. The zero-order valence-electron chi connectivity index (χ0n) is 8.31. The van der Waals surface area contributed by atoms with Gasteiger partial charge in [-0.3, -0.25) is 4.55 Å². The SMILES string of the molecule is CO[C@H]1C(OS(=O)(=O)O)COC[C@H]1OOO. The van der Waals surface area contributed by atoms with E-state index in [1.807, 2.05) is 0 Å². The van der Waals surface area contributed by atoms with Gasteiger partial charge in [-0.1, -0.05) is 5.04 Å². The van der Waals surface area contributed by atoms with Crippen LogP contribution in [-0.2, 0) is 34.0 Å². The van der Waals surface area contributed by atoms with Gasteiger partial charge < -0.3 is 9.47 Å². The van der Waals surface area contributed by atoms with Crippen molar-refractivity contribution >= 4 is 10.4 Å². The van der Waals surface area contributed by atoms with Crippen LogP contribution in [0.1, 0.15) is 0 Å². The van der Waals surface area contributed by atoms with E-state index < -0.39 is 28.7 Å². The summed E-state index contributed by atoms with van der Waals surface area (Å²) in [6, 6.07) is 0. The highest BCUT2D eigenvalue weighted by Gasteiger charge is 2.39. The first-order chi connectivity index (χ1) is 7.48. The molecule has 0 spiro atoms. The van der Waals surface area contributed by atoms with Crippen LogP contribution in [0.5, 0.6) is 0 Å². The molecule has 0 aromatic carbocycles. The van der Waals surface area contributed by atoms with Gasteiger partial charge in [0.2, 0.25) is 0 Å². The van der Waals surface area contributed by atoms with Crippen LogP contribution in [0.4, 0.5) is 0 Å². The average Bonchev–Trinajstić information content (AvgIpc) is 2.16. The Hall–Kier alpha value is -0.330. The van der Waals surface area contributed by atoms with Crippen molar-refractivity contribution in [3.63, 3.8) is 0 Å². The van der Waals surface area contributed by atoms with E-state index in [4.69, 9.17) is 19.3 Å². The summed E-state index contributed by atoms with van der Waals surface area (Å²) in [5.74, 6) is 0. The third kappa shape index (κ3) is 3.92. The first-order valence-corrected chi connectivity index (χ1v) is 5.57. The lowest BCUT2D eigenvalue weighted by atomic mass is 10.1. The Balaban J connectivity index is 2.68. The van der Waals surface area contributed by atoms with E-state index in [9.17, 15) is 8.42 Å². The van der Waals surface area contributed by atoms with E-state index >= 15 is 0 Å². The highest BCUT2D eigenvalue weighted by molar-refractivity contribution is 7.80. The first kappa shape index (κ1) is 13.7. The molecular formula is C6H12O9S. The molecule has 0 bridgehead atoms. The smallest absolute Gasteiger partial charge is 0.376 e. The van der Waals surface area contributed by atoms with E-state index in [2.05, 4.69) is 14.1 Å². The molecule has 96 valence electrons. The molecule has 0 aromatic heterocycles.